The van der Waals surface area contributed by atoms with Crippen LogP contribution in [-0.4, -0.2) is 30.1 Å². The summed E-state index contributed by atoms with van der Waals surface area (Å²) in [6.07, 6.45) is 4.96. The molecule has 0 aromatic rings. The van der Waals surface area contributed by atoms with E-state index in [1.807, 2.05) is 26.8 Å². The summed E-state index contributed by atoms with van der Waals surface area (Å²) in [6.45, 7) is 7.29. The predicted molar refractivity (Wildman–Crippen MR) is 72.4 cm³/mol. The molecular formula is C15H20O4. The zero-order valence-corrected chi connectivity index (χ0v) is 11.8. The van der Waals surface area contributed by atoms with Gasteiger partial charge in [0.15, 0.2) is 0 Å². The van der Waals surface area contributed by atoms with E-state index < -0.39 is 12.1 Å². The Hall–Kier alpha value is -1.68. The molecule has 0 radical (unpaired) electrons. The number of aliphatic hydroxyl groups is 1. The van der Waals surface area contributed by atoms with E-state index in [-0.39, 0.29) is 12.0 Å². The maximum Gasteiger partial charge on any atom is 0.331 e. The molecule has 1 aliphatic carbocycles. The van der Waals surface area contributed by atoms with Crippen molar-refractivity contribution in [1.29, 1.82) is 0 Å². The molecular weight excluding hydrogens is 244 g/mol. The van der Waals surface area contributed by atoms with Crippen molar-refractivity contribution in [2.75, 3.05) is 6.61 Å². The van der Waals surface area contributed by atoms with E-state index in [0.717, 1.165) is 11.9 Å². The molecule has 0 bridgehead atoms. The molecule has 0 fully saturated rings. The fourth-order valence-electron chi connectivity index (χ4n) is 1.81. The van der Waals surface area contributed by atoms with Gasteiger partial charge in [-0.3, -0.25) is 4.79 Å². The number of carbonyl (C=O) groups excluding carboxylic acids is 2. The van der Waals surface area contributed by atoms with Crippen molar-refractivity contribution >= 4 is 12.3 Å². The molecule has 1 atom stereocenters. The van der Waals surface area contributed by atoms with E-state index in [2.05, 4.69) is 0 Å². The van der Waals surface area contributed by atoms with Crippen LogP contribution in [-0.2, 0) is 14.3 Å². The highest BCUT2D eigenvalue weighted by Gasteiger charge is 2.29. The number of esters is 1. The number of rotatable bonds is 4. The van der Waals surface area contributed by atoms with E-state index in [1.165, 1.54) is 6.08 Å². The fraction of sp³-hybridized carbons (Fsp3) is 0.467. The van der Waals surface area contributed by atoms with Gasteiger partial charge in [0.25, 0.3) is 0 Å². The zero-order valence-electron chi connectivity index (χ0n) is 11.8. The molecule has 0 aromatic heterocycles. The number of hydrogen-bond donors (Lipinski definition) is 1. The maximum absolute atomic E-state index is 11.6. The van der Waals surface area contributed by atoms with Gasteiger partial charge >= 0.3 is 5.97 Å². The molecule has 19 heavy (non-hydrogen) atoms. The van der Waals surface area contributed by atoms with E-state index in [0.29, 0.717) is 11.1 Å². The van der Waals surface area contributed by atoms with E-state index in [1.54, 1.807) is 13.0 Å². The normalized spacial score (nSPS) is 22.4. The Morgan fingerprint density at radius 1 is 1.53 bits per heavy atom. The molecule has 4 heteroatoms. The quantitative estimate of drug-likeness (QED) is 0.365. The smallest absolute Gasteiger partial charge is 0.331 e. The van der Waals surface area contributed by atoms with Crippen molar-refractivity contribution in [1.82, 2.24) is 0 Å². The highest BCUT2D eigenvalue weighted by atomic mass is 16.5. The van der Waals surface area contributed by atoms with Crippen LogP contribution in [0.4, 0.5) is 0 Å². The van der Waals surface area contributed by atoms with Gasteiger partial charge in [-0.2, -0.15) is 0 Å². The molecule has 1 aliphatic rings. The van der Waals surface area contributed by atoms with Gasteiger partial charge in [0.1, 0.15) is 12.4 Å². The lowest BCUT2D eigenvalue weighted by atomic mass is 9.77. The number of allylic oxidation sites excluding steroid dienone is 2. The van der Waals surface area contributed by atoms with Crippen LogP contribution in [0.3, 0.4) is 0 Å². The number of carbonyl (C=O) groups is 2. The van der Waals surface area contributed by atoms with E-state index >= 15 is 0 Å². The standard InChI is InChI=1S/C15H20O4/c1-10(8-16)7-14(18)19-13-5-6-15(3,4)11(2)12(13)9-17/h5-7,9,13,16H,8H2,1-4H3/t13-/m0/s1. The summed E-state index contributed by atoms with van der Waals surface area (Å²) < 4.78 is 5.23. The van der Waals surface area contributed by atoms with Crippen LogP contribution in [0, 0.1) is 5.41 Å². The van der Waals surface area contributed by atoms with Gasteiger partial charge in [-0.1, -0.05) is 25.5 Å². The summed E-state index contributed by atoms with van der Waals surface area (Å²) in [4.78, 5) is 22.8. The number of aldehydes is 1. The summed E-state index contributed by atoms with van der Waals surface area (Å²) in [5, 5.41) is 8.84. The fourth-order valence-corrected chi connectivity index (χ4v) is 1.81. The molecule has 0 saturated carbocycles. The summed E-state index contributed by atoms with van der Waals surface area (Å²) in [7, 11) is 0. The summed E-state index contributed by atoms with van der Waals surface area (Å²) >= 11 is 0. The third-order valence-electron chi connectivity index (χ3n) is 3.38. The lowest BCUT2D eigenvalue weighted by Crippen LogP contribution is -2.27. The molecule has 0 saturated heterocycles. The highest BCUT2D eigenvalue weighted by Crippen LogP contribution is 2.35. The van der Waals surface area contributed by atoms with Crippen molar-refractivity contribution in [2.45, 2.75) is 33.8 Å². The second-order valence-corrected chi connectivity index (χ2v) is 5.29. The first-order chi connectivity index (χ1) is 8.81. The first-order valence-electron chi connectivity index (χ1n) is 6.16. The molecule has 104 valence electrons. The van der Waals surface area contributed by atoms with E-state index in [9.17, 15) is 9.59 Å². The average molecular weight is 264 g/mol. The zero-order chi connectivity index (χ0) is 14.6. The average Bonchev–Trinajstić information content (AvgIpc) is 2.34. The van der Waals surface area contributed by atoms with Crippen molar-refractivity contribution in [3.05, 3.63) is 34.9 Å². The number of aliphatic hydroxyl groups excluding tert-OH is 1. The maximum atomic E-state index is 11.6. The SMILES string of the molecule is CC(=CC(=O)O[C@H]1C=CC(C)(C)C(C)=C1C=O)CO. The molecule has 0 amide bonds. The molecule has 0 heterocycles. The Balaban J connectivity index is 2.92. The third kappa shape index (κ3) is 3.64. The summed E-state index contributed by atoms with van der Waals surface area (Å²) in [5.41, 5.74) is 1.68. The first kappa shape index (κ1) is 15.4. The largest absolute Gasteiger partial charge is 0.450 e. The number of ether oxygens (including phenoxy) is 1. The van der Waals surface area contributed by atoms with Gasteiger partial charge < -0.3 is 9.84 Å². The van der Waals surface area contributed by atoms with Crippen molar-refractivity contribution in [3.8, 4) is 0 Å². The molecule has 1 rings (SSSR count). The van der Waals surface area contributed by atoms with Crippen LogP contribution in [0.1, 0.15) is 27.7 Å². The minimum Gasteiger partial charge on any atom is -0.450 e. The Kier molecular flexibility index (Phi) is 4.84. The molecule has 0 aliphatic heterocycles. The first-order valence-corrected chi connectivity index (χ1v) is 6.16. The number of hydrogen-bond acceptors (Lipinski definition) is 4. The second kappa shape index (κ2) is 5.97. The Labute approximate surface area is 113 Å². The van der Waals surface area contributed by atoms with Crippen LogP contribution < -0.4 is 0 Å². The van der Waals surface area contributed by atoms with Crippen LogP contribution in [0.15, 0.2) is 34.9 Å². The van der Waals surface area contributed by atoms with Crippen molar-refractivity contribution in [3.63, 3.8) is 0 Å². The molecule has 0 aromatic carbocycles. The molecule has 4 nitrogen and oxygen atoms in total. The topological polar surface area (TPSA) is 63.6 Å². The lowest BCUT2D eigenvalue weighted by Gasteiger charge is -2.30. The van der Waals surface area contributed by atoms with Crippen molar-refractivity contribution < 1.29 is 19.4 Å². The molecule has 1 N–H and O–H groups in total. The van der Waals surface area contributed by atoms with Gasteiger partial charge in [-0.25, -0.2) is 4.79 Å². The van der Waals surface area contributed by atoms with Gasteiger partial charge in [-0.15, -0.1) is 0 Å². The van der Waals surface area contributed by atoms with Gasteiger partial charge in [0, 0.05) is 17.1 Å². The minimum absolute atomic E-state index is 0.196. The second-order valence-electron chi connectivity index (χ2n) is 5.29. The summed E-state index contributed by atoms with van der Waals surface area (Å²) in [5.74, 6) is -0.562. The third-order valence-corrected chi connectivity index (χ3v) is 3.38. The molecule has 0 spiro atoms. The van der Waals surface area contributed by atoms with E-state index in [4.69, 9.17) is 9.84 Å². The Morgan fingerprint density at radius 3 is 2.68 bits per heavy atom. The van der Waals surface area contributed by atoms with Gasteiger partial charge in [0.2, 0.25) is 0 Å². The van der Waals surface area contributed by atoms with Crippen LogP contribution in [0.5, 0.6) is 0 Å². The van der Waals surface area contributed by atoms with Crippen LogP contribution in [0.25, 0.3) is 0 Å². The van der Waals surface area contributed by atoms with Gasteiger partial charge in [-0.05, 0) is 25.5 Å². The highest BCUT2D eigenvalue weighted by molar-refractivity contribution is 5.85. The Morgan fingerprint density at radius 2 is 2.16 bits per heavy atom. The van der Waals surface area contributed by atoms with Gasteiger partial charge in [0.05, 0.1) is 6.61 Å². The molecule has 0 unspecified atom stereocenters. The summed E-state index contributed by atoms with van der Waals surface area (Å²) in [6, 6.07) is 0. The van der Waals surface area contributed by atoms with Crippen LogP contribution >= 0.6 is 0 Å². The lowest BCUT2D eigenvalue weighted by molar-refractivity contribution is -0.139. The van der Waals surface area contributed by atoms with Crippen molar-refractivity contribution in [2.24, 2.45) is 5.41 Å². The minimum atomic E-state index is -0.652. The Bertz CT molecular complexity index is 467. The monoisotopic (exact) mass is 264 g/mol. The predicted octanol–water partition coefficient (Wildman–Crippen LogP) is 1.95. The van der Waals surface area contributed by atoms with Crippen LogP contribution in [0.2, 0.25) is 0 Å².